The highest BCUT2D eigenvalue weighted by Gasteiger charge is 2.13. The van der Waals surface area contributed by atoms with Crippen molar-refractivity contribution in [1.82, 2.24) is 0 Å². The van der Waals surface area contributed by atoms with Gasteiger partial charge in [-0.3, -0.25) is 4.99 Å². The van der Waals surface area contributed by atoms with E-state index in [1.807, 2.05) is 12.1 Å². The van der Waals surface area contributed by atoms with Crippen LogP contribution in [0.4, 0.5) is 0 Å². The predicted octanol–water partition coefficient (Wildman–Crippen LogP) is 2.53. The number of hydrogen-bond donors (Lipinski definition) is 1. The second-order valence-electron chi connectivity index (χ2n) is 5.51. The second-order valence-corrected chi connectivity index (χ2v) is 5.51. The second kappa shape index (κ2) is 8.54. The van der Waals surface area contributed by atoms with Gasteiger partial charge in [0.15, 0.2) is 0 Å². The molecule has 0 saturated heterocycles. The van der Waals surface area contributed by atoms with Crippen molar-refractivity contribution in [3.63, 3.8) is 0 Å². The summed E-state index contributed by atoms with van der Waals surface area (Å²) in [5.74, 6) is 0.192. The minimum absolute atomic E-state index is 0.252. The van der Waals surface area contributed by atoms with Gasteiger partial charge in [-0.2, -0.15) is 0 Å². The van der Waals surface area contributed by atoms with E-state index < -0.39 is 0 Å². The van der Waals surface area contributed by atoms with Crippen LogP contribution in [0.2, 0.25) is 0 Å². The van der Waals surface area contributed by atoms with Gasteiger partial charge in [0.1, 0.15) is 12.4 Å². The molecule has 0 atom stereocenters. The molecule has 0 radical (unpaired) electrons. The zero-order chi connectivity index (χ0) is 15.8. The number of carbonyl (C=O) groups is 1. The third-order valence-corrected chi connectivity index (χ3v) is 3.83. The van der Waals surface area contributed by atoms with Crippen LogP contribution in [0.25, 0.3) is 0 Å². The Bertz CT molecular complexity index is 505. The Kier molecular flexibility index (Phi) is 6.40. The molecular weight excluding hydrogens is 280 g/mol. The SMILES string of the molecule is COCCOC(=O)c1ccc(C(N)=NC2CCCCC2)cc1. The van der Waals surface area contributed by atoms with Crippen molar-refractivity contribution in [2.75, 3.05) is 20.3 Å². The van der Waals surface area contributed by atoms with Crippen LogP contribution in [0.15, 0.2) is 29.3 Å². The molecule has 5 heteroatoms. The fourth-order valence-electron chi connectivity index (χ4n) is 2.56. The molecule has 0 unspecified atom stereocenters. The number of aliphatic imine (C=N–C) groups is 1. The number of methoxy groups -OCH3 is 1. The van der Waals surface area contributed by atoms with Crippen molar-refractivity contribution in [2.45, 2.75) is 38.1 Å². The lowest BCUT2D eigenvalue weighted by atomic mass is 9.96. The zero-order valence-electron chi connectivity index (χ0n) is 13.1. The lowest BCUT2D eigenvalue weighted by Crippen LogP contribution is -2.20. The summed E-state index contributed by atoms with van der Waals surface area (Å²) < 4.78 is 9.91. The number of benzene rings is 1. The molecule has 0 aromatic heterocycles. The first-order chi connectivity index (χ1) is 10.7. The summed E-state index contributed by atoms with van der Waals surface area (Å²) in [5, 5.41) is 0. The normalized spacial score (nSPS) is 16.5. The lowest BCUT2D eigenvalue weighted by Gasteiger charge is -2.18. The van der Waals surface area contributed by atoms with Gasteiger partial charge in [-0.05, 0) is 25.0 Å². The van der Waals surface area contributed by atoms with E-state index in [4.69, 9.17) is 15.2 Å². The Morgan fingerprint density at radius 2 is 1.77 bits per heavy atom. The quantitative estimate of drug-likeness (QED) is 0.379. The summed E-state index contributed by atoms with van der Waals surface area (Å²) in [6.45, 7) is 0.646. The first-order valence-electron chi connectivity index (χ1n) is 7.80. The summed E-state index contributed by atoms with van der Waals surface area (Å²) in [7, 11) is 1.57. The average Bonchev–Trinajstić information content (AvgIpc) is 2.56. The van der Waals surface area contributed by atoms with Crippen LogP contribution >= 0.6 is 0 Å². The first kappa shape index (κ1) is 16.5. The summed E-state index contributed by atoms with van der Waals surface area (Å²) in [4.78, 5) is 16.4. The molecule has 1 aliphatic rings. The molecule has 120 valence electrons. The number of nitrogens with zero attached hydrogens (tertiary/aromatic N) is 1. The molecule has 0 bridgehead atoms. The molecule has 2 rings (SSSR count). The van der Waals surface area contributed by atoms with Crippen molar-refractivity contribution in [3.05, 3.63) is 35.4 Å². The van der Waals surface area contributed by atoms with Crippen molar-refractivity contribution in [2.24, 2.45) is 10.7 Å². The van der Waals surface area contributed by atoms with Gasteiger partial charge in [0, 0.05) is 12.7 Å². The Morgan fingerprint density at radius 1 is 1.14 bits per heavy atom. The van der Waals surface area contributed by atoms with Crippen molar-refractivity contribution < 1.29 is 14.3 Å². The van der Waals surface area contributed by atoms with Crippen LogP contribution in [-0.4, -0.2) is 38.2 Å². The van der Waals surface area contributed by atoms with E-state index in [1.54, 1.807) is 19.2 Å². The van der Waals surface area contributed by atoms with Gasteiger partial charge in [0.25, 0.3) is 0 Å². The Morgan fingerprint density at radius 3 is 2.41 bits per heavy atom. The van der Waals surface area contributed by atoms with E-state index in [0.29, 0.717) is 24.0 Å². The van der Waals surface area contributed by atoms with Gasteiger partial charge >= 0.3 is 5.97 Å². The summed E-state index contributed by atoms with van der Waals surface area (Å²) >= 11 is 0. The Hall–Kier alpha value is -1.88. The van der Waals surface area contributed by atoms with Crippen LogP contribution in [0, 0.1) is 0 Å². The molecule has 0 amide bonds. The van der Waals surface area contributed by atoms with E-state index in [0.717, 1.165) is 18.4 Å². The first-order valence-corrected chi connectivity index (χ1v) is 7.80. The van der Waals surface area contributed by atoms with Gasteiger partial charge in [0.05, 0.1) is 18.2 Å². The minimum Gasteiger partial charge on any atom is -0.460 e. The zero-order valence-corrected chi connectivity index (χ0v) is 13.1. The largest absolute Gasteiger partial charge is 0.460 e. The maximum atomic E-state index is 11.8. The summed E-state index contributed by atoms with van der Waals surface area (Å²) in [6.07, 6.45) is 5.99. The highest BCUT2D eigenvalue weighted by molar-refractivity contribution is 5.98. The number of ether oxygens (including phenoxy) is 2. The third kappa shape index (κ3) is 4.84. The van der Waals surface area contributed by atoms with E-state index in [1.165, 1.54) is 19.3 Å². The van der Waals surface area contributed by atoms with Gasteiger partial charge in [-0.15, -0.1) is 0 Å². The lowest BCUT2D eigenvalue weighted by molar-refractivity contribution is 0.0388. The monoisotopic (exact) mass is 304 g/mol. The van der Waals surface area contributed by atoms with Crippen LogP contribution < -0.4 is 5.73 Å². The maximum Gasteiger partial charge on any atom is 0.338 e. The molecule has 0 heterocycles. The number of rotatable bonds is 6. The number of carbonyl (C=O) groups excluding carboxylic acids is 1. The van der Waals surface area contributed by atoms with Crippen molar-refractivity contribution in [3.8, 4) is 0 Å². The fraction of sp³-hybridized carbons (Fsp3) is 0.529. The number of nitrogens with two attached hydrogens (primary N) is 1. The molecule has 0 aliphatic heterocycles. The molecule has 2 N–H and O–H groups in total. The molecule has 1 fully saturated rings. The molecule has 1 aliphatic carbocycles. The van der Waals surface area contributed by atoms with Gasteiger partial charge in [0.2, 0.25) is 0 Å². The molecule has 1 aromatic carbocycles. The highest BCUT2D eigenvalue weighted by atomic mass is 16.6. The van der Waals surface area contributed by atoms with Crippen LogP contribution in [0.3, 0.4) is 0 Å². The van der Waals surface area contributed by atoms with Crippen LogP contribution in [0.1, 0.15) is 48.0 Å². The topological polar surface area (TPSA) is 73.9 Å². The predicted molar refractivity (Wildman–Crippen MR) is 86.2 cm³/mol. The van der Waals surface area contributed by atoms with E-state index in [-0.39, 0.29) is 12.6 Å². The minimum atomic E-state index is -0.355. The highest BCUT2D eigenvalue weighted by Crippen LogP contribution is 2.20. The van der Waals surface area contributed by atoms with Gasteiger partial charge < -0.3 is 15.2 Å². The average molecular weight is 304 g/mol. The van der Waals surface area contributed by atoms with Crippen LogP contribution in [-0.2, 0) is 9.47 Å². The van der Waals surface area contributed by atoms with E-state index >= 15 is 0 Å². The third-order valence-electron chi connectivity index (χ3n) is 3.83. The van der Waals surface area contributed by atoms with Crippen molar-refractivity contribution in [1.29, 1.82) is 0 Å². The number of amidine groups is 1. The van der Waals surface area contributed by atoms with Crippen molar-refractivity contribution >= 4 is 11.8 Å². The Labute approximate surface area is 131 Å². The summed E-state index contributed by atoms with van der Waals surface area (Å²) in [5.41, 5.74) is 7.42. The number of esters is 1. The molecule has 1 saturated carbocycles. The number of hydrogen-bond acceptors (Lipinski definition) is 4. The summed E-state index contributed by atoms with van der Waals surface area (Å²) in [6, 6.07) is 7.40. The van der Waals surface area contributed by atoms with E-state index in [9.17, 15) is 4.79 Å². The Balaban J connectivity index is 1.95. The maximum absolute atomic E-state index is 11.8. The molecule has 22 heavy (non-hydrogen) atoms. The molecule has 1 aromatic rings. The fourth-order valence-corrected chi connectivity index (χ4v) is 2.56. The van der Waals surface area contributed by atoms with Crippen LogP contribution in [0.5, 0.6) is 0 Å². The molecule has 5 nitrogen and oxygen atoms in total. The van der Waals surface area contributed by atoms with Gasteiger partial charge in [-0.1, -0.05) is 31.4 Å². The van der Waals surface area contributed by atoms with E-state index in [2.05, 4.69) is 4.99 Å². The smallest absolute Gasteiger partial charge is 0.338 e. The molecule has 0 spiro atoms. The van der Waals surface area contributed by atoms with Gasteiger partial charge in [-0.25, -0.2) is 4.79 Å². The molecular formula is C17H24N2O3. The standard InChI is InChI=1S/C17H24N2O3/c1-21-11-12-22-17(20)14-9-7-13(8-10-14)16(18)19-15-5-3-2-4-6-15/h7-10,15H,2-6,11-12H2,1H3,(H2,18,19).